The number of aliphatic hydroxyl groups excluding tert-OH is 1. The molecule has 2 saturated heterocycles. The lowest BCUT2D eigenvalue weighted by Gasteiger charge is -2.40. The summed E-state index contributed by atoms with van der Waals surface area (Å²) in [5, 5.41) is 10.5. The van der Waals surface area contributed by atoms with E-state index in [-0.39, 0.29) is 29.5 Å². The molecule has 1 N–H and O–H groups in total. The molecule has 0 amide bonds. The molecule has 0 aliphatic carbocycles. The number of halogens is 6. The van der Waals surface area contributed by atoms with Crippen molar-refractivity contribution in [1.82, 2.24) is 4.98 Å². The summed E-state index contributed by atoms with van der Waals surface area (Å²) in [6.07, 6.45) is -5.83. The second kappa shape index (κ2) is 9.28. The molecule has 4 rings (SSSR count). The molecular formula is C24H26F6N2O2. The van der Waals surface area contributed by atoms with E-state index in [9.17, 15) is 31.4 Å². The monoisotopic (exact) mass is 488 g/mol. The van der Waals surface area contributed by atoms with E-state index >= 15 is 0 Å². The van der Waals surface area contributed by atoms with Gasteiger partial charge in [0.1, 0.15) is 17.7 Å². The topological polar surface area (TPSA) is 45.6 Å². The number of benzene rings is 1. The summed E-state index contributed by atoms with van der Waals surface area (Å²) in [5.41, 5.74) is -1.52. The fourth-order valence-electron chi connectivity index (χ4n) is 5.00. The van der Waals surface area contributed by atoms with Gasteiger partial charge < -0.3 is 14.7 Å². The van der Waals surface area contributed by atoms with Crippen molar-refractivity contribution in [1.29, 1.82) is 0 Å². The van der Waals surface area contributed by atoms with Crippen LogP contribution < -0.4 is 9.64 Å². The minimum Gasteiger partial charge on any atom is -0.490 e. The zero-order valence-electron chi connectivity index (χ0n) is 18.5. The van der Waals surface area contributed by atoms with Gasteiger partial charge in [-0.15, -0.1) is 0 Å². The van der Waals surface area contributed by atoms with Gasteiger partial charge in [-0.05, 0) is 49.6 Å². The summed E-state index contributed by atoms with van der Waals surface area (Å²) in [5.74, 6) is 0.715. The van der Waals surface area contributed by atoms with Crippen molar-refractivity contribution in [3.05, 3.63) is 53.2 Å². The van der Waals surface area contributed by atoms with Crippen molar-refractivity contribution in [2.24, 2.45) is 0 Å². The molecule has 2 bridgehead atoms. The van der Waals surface area contributed by atoms with Crippen LogP contribution in [0.15, 0.2) is 36.5 Å². The lowest BCUT2D eigenvalue weighted by molar-refractivity contribution is -0.138. The molecule has 2 aromatic rings. The number of nitrogens with zero attached hydrogens (tertiary/aromatic N) is 2. The summed E-state index contributed by atoms with van der Waals surface area (Å²) in [7, 11) is 0. The van der Waals surface area contributed by atoms with Crippen LogP contribution in [0.1, 0.15) is 68.2 Å². The SMILES string of the molecule is CCCC(O)c1cc(C(F)(F)F)ccc1OC1C[C@H]2CC[C@@H](C1)N2c1ccc(C(F)(F)F)cn1. The number of pyridine rings is 1. The Morgan fingerprint density at radius 2 is 1.62 bits per heavy atom. The highest BCUT2D eigenvalue weighted by atomic mass is 19.4. The lowest BCUT2D eigenvalue weighted by atomic mass is 9.98. The molecular weight excluding hydrogens is 462 g/mol. The fraction of sp³-hybridized carbons (Fsp3) is 0.542. The first kappa shape index (κ1) is 24.6. The number of aromatic nitrogens is 1. The zero-order chi connectivity index (χ0) is 24.7. The van der Waals surface area contributed by atoms with E-state index in [1.54, 1.807) is 0 Å². The second-order valence-corrected chi connectivity index (χ2v) is 8.96. The number of anilines is 1. The molecule has 3 heterocycles. The van der Waals surface area contributed by atoms with Crippen LogP contribution in [0.2, 0.25) is 0 Å². The summed E-state index contributed by atoms with van der Waals surface area (Å²) >= 11 is 0. The number of fused-ring (bicyclic) bond motifs is 2. The molecule has 0 saturated carbocycles. The molecule has 4 atom stereocenters. The standard InChI is InChI=1S/C24H26F6N2O2/c1-2-3-20(33)19-10-14(23(25,26)27)4-8-21(19)34-18-11-16-6-7-17(12-18)32(16)22-9-5-15(13-31-22)24(28,29)30/h4-5,8-10,13,16-18,20,33H,2-3,6-7,11-12H2,1H3/t16-,17+,18?,20?. The summed E-state index contributed by atoms with van der Waals surface area (Å²) in [4.78, 5) is 6.06. The average Bonchev–Trinajstić information content (AvgIpc) is 3.03. The van der Waals surface area contributed by atoms with E-state index in [1.165, 1.54) is 12.1 Å². The van der Waals surface area contributed by atoms with Gasteiger partial charge in [-0.1, -0.05) is 13.3 Å². The van der Waals surface area contributed by atoms with E-state index in [4.69, 9.17) is 4.74 Å². The van der Waals surface area contributed by atoms with Crippen LogP contribution in [0.4, 0.5) is 32.2 Å². The zero-order valence-corrected chi connectivity index (χ0v) is 18.5. The molecule has 2 unspecified atom stereocenters. The van der Waals surface area contributed by atoms with Gasteiger partial charge in [-0.2, -0.15) is 26.3 Å². The quantitative estimate of drug-likeness (QED) is 0.470. The number of aliphatic hydroxyl groups is 1. The van der Waals surface area contributed by atoms with Gasteiger partial charge in [0.15, 0.2) is 0 Å². The van der Waals surface area contributed by atoms with E-state index in [2.05, 4.69) is 4.98 Å². The summed E-state index contributed by atoms with van der Waals surface area (Å²) in [6.45, 7) is 1.83. The van der Waals surface area contributed by atoms with Crippen molar-refractivity contribution in [3.63, 3.8) is 0 Å². The molecule has 34 heavy (non-hydrogen) atoms. The van der Waals surface area contributed by atoms with Crippen molar-refractivity contribution in [2.75, 3.05) is 4.90 Å². The lowest BCUT2D eigenvalue weighted by Crippen LogP contribution is -2.47. The Labute approximate surface area is 193 Å². The molecule has 2 aliphatic heterocycles. The van der Waals surface area contributed by atoms with Crippen molar-refractivity contribution in [2.45, 2.75) is 82.1 Å². The molecule has 2 aliphatic rings. The van der Waals surface area contributed by atoms with Crippen LogP contribution in [0.3, 0.4) is 0 Å². The normalized spacial score (nSPS) is 23.8. The first-order chi connectivity index (χ1) is 16.0. The number of ether oxygens (including phenoxy) is 1. The third-order valence-corrected chi connectivity index (χ3v) is 6.58. The van der Waals surface area contributed by atoms with Crippen molar-refractivity contribution in [3.8, 4) is 5.75 Å². The van der Waals surface area contributed by atoms with Crippen LogP contribution in [0.25, 0.3) is 0 Å². The van der Waals surface area contributed by atoms with Crippen LogP contribution in [-0.4, -0.2) is 28.3 Å². The number of hydrogen-bond acceptors (Lipinski definition) is 4. The Bertz CT molecular complexity index is 978. The maximum absolute atomic E-state index is 13.2. The van der Waals surface area contributed by atoms with Gasteiger partial charge in [0.25, 0.3) is 0 Å². The Balaban J connectivity index is 1.51. The van der Waals surface area contributed by atoms with Gasteiger partial charge in [0.2, 0.25) is 0 Å². The molecule has 186 valence electrons. The molecule has 0 spiro atoms. The van der Waals surface area contributed by atoms with Crippen molar-refractivity contribution >= 4 is 5.82 Å². The number of alkyl halides is 6. The van der Waals surface area contributed by atoms with E-state index in [1.807, 2.05) is 11.8 Å². The number of rotatable bonds is 6. The van der Waals surface area contributed by atoms with Gasteiger partial charge in [0, 0.05) is 36.7 Å². The van der Waals surface area contributed by atoms with Crippen LogP contribution in [0, 0.1) is 0 Å². The highest BCUT2D eigenvalue weighted by molar-refractivity contribution is 5.45. The van der Waals surface area contributed by atoms with Crippen LogP contribution in [-0.2, 0) is 12.4 Å². The summed E-state index contributed by atoms with van der Waals surface area (Å²) in [6, 6.07) is 5.58. The van der Waals surface area contributed by atoms with Crippen LogP contribution in [0.5, 0.6) is 5.75 Å². The van der Waals surface area contributed by atoms with Crippen LogP contribution >= 0.6 is 0 Å². The molecule has 4 nitrogen and oxygen atoms in total. The molecule has 10 heteroatoms. The predicted molar refractivity (Wildman–Crippen MR) is 113 cm³/mol. The molecule has 2 fully saturated rings. The Morgan fingerprint density at radius 3 is 2.15 bits per heavy atom. The van der Waals surface area contributed by atoms with E-state index < -0.39 is 29.6 Å². The molecule has 1 aromatic carbocycles. The third-order valence-electron chi connectivity index (χ3n) is 6.58. The Hall–Kier alpha value is -2.49. The van der Waals surface area contributed by atoms with E-state index in [0.717, 1.165) is 37.2 Å². The minimum atomic E-state index is -4.53. The second-order valence-electron chi connectivity index (χ2n) is 8.96. The Kier molecular flexibility index (Phi) is 6.72. The minimum absolute atomic E-state index is 0.00597. The summed E-state index contributed by atoms with van der Waals surface area (Å²) < 4.78 is 84.4. The predicted octanol–water partition coefficient (Wildman–Crippen LogP) is 6.53. The average molecular weight is 488 g/mol. The molecule has 1 aromatic heterocycles. The smallest absolute Gasteiger partial charge is 0.417 e. The van der Waals surface area contributed by atoms with Crippen molar-refractivity contribution < 1.29 is 36.2 Å². The number of hydrogen-bond donors (Lipinski definition) is 1. The Morgan fingerprint density at radius 1 is 1.00 bits per heavy atom. The van der Waals surface area contributed by atoms with Gasteiger partial charge in [0.05, 0.1) is 17.2 Å². The maximum Gasteiger partial charge on any atom is 0.417 e. The highest BCUT2D eigenvalue weighted by Gasteiger charge is 2.43. The first-order valence-corrected chi connectivity index (χ1v) is 11.3. The van der Waals surface area contributed by atoms with E-state index in [0.29, 0.717) is 31.5 Å². The van der Waals surface area contributed by atoms with Gasteiger partial charge in [-0.25, -0.2) is 4.98 Å². The largest absolute Gasteiger partial charge is 0.490 e. The fourth-order valence-corrected chi connectivity index (χ4v) is 5.00. The first-order valence-electron chi connectivity index (χ1n) is 11.3. The third kappa shape index (κ3) is 5.11. The highest BCUT2D eigenvalue weighted by Crippen LogP contribution is 2.42. The van der Waals surface area contributed by atoms with Gasteiger partial charge in [-0.3, -0.25) is 0 Å². The molecule has 0 radical (unpaired) electrons. The maximum atomic E-state index is 13.2. The number of piperidine rings is 1. The van der Waals surface area contributed by atoms with Gasteiger partial charge >= 0.3 is 12.4 Å².